The second-order valence-electron chi connectivity index (χ2n) is 17.6. The van der Waals surface area contributed by atoms with Gasteiger partial charge in [0.1, 0.15) is 55.4 Å². The SMILES string of the molecule is CCCCC/C=C/C/C=C/C/C=C/CCCCCCC(=O)O[C@H](COC(=O)CCCCCCC/C=C/CCCCCC)CO[C@H]1O[C@@H](CO[C@H]2O[C@@H](CO)[C@@H](O)C(O)C2O)[C@@H](O)C(O)C1O. The van der Waals surface area contributed by atoms with Crippen LogP contribution in [0.3, 0.4) is 0 Å². The Bertz CT molecular complexity index is 1340. The number of unbranched alkanes of at least 4 members (excludes halogenated alkanes) is 16. The largest absolute Gasteiger partial charge is 0.462 e. The van der Waals surface area contributed by atoms with Crippen LogP contribution < -0.4 is 0 Å². The van der Waals surface area contributed by atoms with Crippen molar-refractivity contribution in [2.75, 3.05) is 26.4 Å². The zero-order chi connectivity index (χ0) is 48.2. The average Bonchev–Trinajstić information content (AvgIpc) is 3.31. The van der Waals surface area contributed by atoms with E-state index in [-0.39, 0.29) is 19.4 Å². The van der Waals surface area contributed by atoms with Crippen molar-refractivity contribution in [3.05, 3.63) is 48.6 Å². The fraction of sp³-hybridized carbons (Fsp3) is 0.804. The third-order valence-corrected chi connectivity index (χ3v) is 11.8. The van der Waals surface area contributed by atoms with Crippen LogP contribution in [0.15, 0.2) is 48.6 Å². The van der Waals surface area contributed by atoms with Gasteiger partial charge in [-0.2, -0.15) is 0 Å². The standard InChI is InChI=1S/C51H88O15/c1-3-5-7-9-11-13-15-17-18-19-20-22-24-26-28-30-32-34-43(54)64-39(36-61-42(53)33-31-29-27-25-23-21-16-14-12-10-8-6-4-2)37-62-50-49(60)47(58)45(56)41(66-50)38-63-51-48(59)46(57)44(55)40(35-52)65-51/h11,13-14,16-18,20,22,39-41,44-52,55-60H,3-10,12,15,19,21,23-38H2,1-2H3/b13-11+,16-14+,18-17+,22-20+/t39-,40+,41+,44-,45-,46?,47?,48?,49?,50+,51+/m1/s1. The number of esters is 2. The number of hydrogen-bond donors (Lipinski definition) is 7. The summed E-state index contributed by atoms with van der Waals surface area (Å²) in [5, 5.41) is 72.0. The molecule has 382 valence electrons. The molecule has 66 heavy (non-hydrogen) atoms. The number of aliphatic hydroxyl groups is 7. The molecule has 0 aliphatic carbocycles. The lowest BCUT2D eigenvalue weighted by Crippen LogP contribution is -2.61. The normalized spacial score (nSPS) is 26.6. The third kappa shape index (κ3) is 26.3. The topological polar surface area (TPSA) is 231 Å². The number of ether oxygens (including phenoxy) is 6. The lowest BCUT2D eigenvalue weighted by molar-refractivity contribution is -0.332. The Morgan fingerprint density at radius 2 is 0.909 bits per heavy atom. The number of carbonyl (C=O) groups excluding carboxylic acids is 2. The molecule has 15 nitrogen and oxygen atoms in total. The summed E-state index contributed by atoms with van der Waals surface area (Å²) in [6, 6.07) is 0. The van der Waals surface area contributed by atoms with E-state index >= 15 is 0 Å². The molecule has 0 amide bonds. The quantitative estimate of drug-likeness (QED) is 0.0194. The summed E-state index contributed by atoms with van der Waals surface area (Å²) in [5.41, 5.74) is 0. The van der Waals surface area contributed by atoms with Crippen LogP contribution in [0.5, 0.6) is 0 Å². The number of allylic oxidation sites excluding steroid dienone is 8. The van der Waals surface area contributed by atoms with E-state index in [0.29, 0.717) is 12.8 Å². The highest BCUT2D eigenvalue weighted by Gasteiger charge is 2.47. The van der Waals surface area contributed by atoms with E-state index in [1.807, 2.05) is 0 Å². The molecule has 2 aliphatic heterocycles. The maximum Gasteiger partial charge on any atom is 0.306 e. The Balaban J connectivity index is 1.84. The van der Waals surface area contributed by atoms with Gasteiger partial charge < -0.3 is 64.2 Å². The predicted molar refractivity (Wildman–Crippen MR) is 252 cm³/mol. The monoisotopic (exact) mass is 941 g/mol. The van der Waals surface area contributed by atoms with Crippen molar-refractivity contribution in [2.24, 2.45) is 0 Å². The molecule has 4 unspecified atom stereocenters. The summed E-state index contributed by atoms with van der Waals surface area (Å²) in [5.74, 6) is -0.963. The Morgan fingerprint density at radius 3 is 1.47 bits per heavy atom. The highest BCUT2D eigenvalue weighted by molar-refractivity contribution is 5.70. The summed E-state index contributed by atoms with van der Waals surface area (Å²) in [4.78, 5) is 25.7. The Morgan fingerprint density at radius 1 is 0.485 bits per heavy atom. The van der Waals surface area contributed by atoms with Crippen LogP contribution >= 0.6 is 0 Å². The highest BCUT2D eigenvalue weighted by atomic mass is 16.7. The van der Waals surface area contributed by atoms with E-state index in [9.17, 15) is 45.3 Å². The minimum Gasteiger partial charge on any atom is -0.462 e. The Hall–Kier alpha value is -2.54. The molecule has 2 saturated heterocycles. The molecule has 0 bridgehead atoms. The molecule has 0 aromatic carbocycles. The molecule has 0 aromatic heterocycles. The van der Waals surface area contributed by atoms with Crippen molar-refractivity contribution in [3.8, 4) is 0 Å². The fourth-order valence-corrected chi connectivity index (χ4v) is 7.57. The maximum absolute atomic E-state index is 13.0. The number of rotatable bonds is 38. The summed E-state index contributed by atoms with van der Waals surface area (Å²) >= 11 is 0. The molecule has 15 heteroatoms. The molecule has 2 rings (SSSR count). The lowest BCUT2D eigenvalue weighted by Gasteiger charge is -2.42. The molecule has 0 saturated carbocycles. The molecule has 0 radical (unpaired) electrons. The number of hydrogen-bond acceptors (Lipinski definition) is 15. The summed E-state index contributed by atoms with van der Waals surface area (Å²) in [6.45, 7) is 2.50. The van der Waals surface area contributed by atoms with Crippen molar-refractivity contribution >= 4 is 11.9 Å². The molecule has 2 fully saturated rings. The molecule has 11 atom stereocenters. The van der Waals surface area contributed by atoms with Crippen molar-refractivity contribution in [1.29, 1.82) is 0 Å². The summed E-state index contributed by atoms with van der Waals surface area (Å²) in [6.07, 6.45) is 24.2. The summed E-state index contributed by atoms with van der Waals surface area (Å²) < 4.78 is 33.5. The van der Waals surface area contributed by atoms with E-state index in [2.05, 4.69) is 62.5 Å². The van der Waals surface area contributed by atoms with Crippen molar-refractivity contribution in [3.63, 3.8) is 0 Å². The van der Waals surface area contributed by atoms with Crippen molar-refractivity contribution in [2.45, 2.75) is 235 Å². The van der Waals surface area contributed by atoms with E-state index in [4.69, 9.17) is 28.4 Å². The van der Waals surface area contributed by atoms with Gasteiger partial charge in [0.05, 0.1) is 19.8 Å². The van der Waals surface area contributed by atoms with Crippen molar-refractivity contribution < 1.29 is 73.8 Å². The van der Waals surface area contributed by atoms with E-state index < -0.39 is 99.3 Å². The molecule has 2 aliphatic rings. The van der Waals surface area contributed by atoms with Crippen LogP contribution in [0.1, 0.15) is 168 Å². The smallest absolute Gasteiger partial charge is 0.306 e. The van der Waals surface area contributed by atoms with E-state index in [1.54, 1.807) is 0 Å². The zero-order valence-electron chi connectivity index (χ0n) is 40.2. The first kappa shape index (κ1) is 59.6. The second kappa shape index (κ2) is 38.3. The second-order valence-corrected chi connectivity index (χ2v) is 17.6. The fourth-order valence-electron chi connectivity index (χ4n) is 7.57. The lowest BCUT2D eigenvalue weighted by atomic mass is 9.98. The Labute approximate surface area is 395 Å². The van der Waals surface area contributed by atoms with Gasteiger partial charge in [-0.3, -0.25) is 9.59 Å². The van der Waals surface area contributed by atoms with Crippen LogP contribution in [0.25, 0.3) is 0 Å². The average molecular weight is 941 g/mol. The number of aliphatic hydroxyl groups excluding tert-OH is 7. The zero-order valence-corrected chi connectivity index (χ0v) is 40.2. The van der Waals surface area contributed by atoms with Crippen LogP contribution in [0.4, 0.5) is 0 Å². The van der Waals surface area contributed by atoms with Gasteiger partial charge in [0, 0.05) is 12.8 Å². The predicted octanol–water partition coefficient (Wildman–Crippen LogP) is 6.71. The van der Waals surface area contributed by atoms with Crippen LogP contribution in [-0.2, 0) is 38.0 Å². The van der Waals surface area contributed by atoms with Crippen LogP contribution in [0, 0.1) is 0 Å². The van der Waals surface area contributed by atoms with E-state index in [0.717, 1.165) is 83.5 Å². The highest BCUT2D eigenvalue weighted by Crippen LogP contribution is 2.26. The molecule has 0 aromatic rings. The molecule has 2 heterocycles. The minimum absolute atomic E-state index is 0.137. The molecule has 7 N–H and O–H groups in total. The third-order valence-electron chi connectivity index (χ3n) is 11.8. The van der Waals surface area contributed by atoms with Gasteiger partial charge in [0.2, 0.25) is 0 Å². The van der Waals surface area contributed by atoms with Gasteiger partial charge in [-0.1, -0.05) is 127 Å². The molecule has 0 spiro atoms. The van der Waals surface area contributed by atoms with Crippen LogP contribution in [-0.4, -0.2) is 142 Å². The first-order valence-electron chi connectivity index (χ1n) is 25.2. The first-order valence-corrected chi connectivity index (χ1v) is 25.2. The van der Waals surface area contributed by atoms with Gasteiger partial charge >= 0.3 is 11.9 Å². The van der Waals surface area contributed by atoms with Crippen molar-refractivity contribution in [1.82, 2.24) is 0 Å². The van der Waals surface area contributed by atoms with Gasteiger partial charge in [0.15, 0.2) is 18.7 Å². The maximum atomic E-state index is 13.0. The Kier molecular flexibility index (Phi) is 34.6. The van der Waals surface area contributed by atoms with Gasteiger partial charge in [-0.25, -0.2) is 0 Å². The van der Waals surface area contributed by atoms with Gasteiger partial charge in [0.25, 0.3) is 0 Å². The van der Waals surface area contributed by atoms with Gasteiger partial charge in [-0.05, 0) is 77.0 Å². The first-order chi connectivity index (χ1) is 32.0. The molecular formula is C51H88O15. The number of carbonyl (C=O) groups is 2. The van der Waals surface area contributed by atoms with Crippen LogP contribution in [0.2, 0.25) is 0 Å². The summed E-state index contributed by atoms with van der Waals surface area (Å²) in [7, 11) is 0. The minimum atomic E-state index is -1.77. The van der Waals surface area contributed by atoms with Gasteiger partial charge in [-0.15, -0.1) is 0 Å². The molecular weight excluding hydrogens is 853 g/mol. The van der Waals surface area contributed by atoms with E-state index in [1.165, 1.54) is 44.9 Å².